The van der Waals surface area contributed by atoms with Crippen molar-refractivity contribution in [3.8, 4) is 5.75 Å². The van der Waals surface area contributed by atoms with Crippen LogP contribution in [0.3, 0.4) is 0 Å². The zero-order valence-corrected chi connectivity index (χ0v) is 14.8. The number of ether oxygens (including phenoxy) is 2. The van der Waals surface area contributed by atoms with E-state index in [1.807, 2.05) is 24.3 Å². The Morgan fingerprint density at radius 1 is 1.19 bits per heavy atom. The quantitative estimate of drug-likeness (QED) is 0.748. The number of aryl methyl sites for hydroxylation is 1. The summed E-state index contributed by atoms with van der Waals surface area (Å²) in [5, 5.41) is 3.62. The van der Waals surface area contributed by atoms with Crippen LogP contribution in [0.5, 0.6) is 5.75 Å². The van der Waals surface area contributed by atoms with Gasteiger partial charge in [0.1, 0.15) is 5.75 Å². The van der Waals surface area contributed by atoms with Crippen LogP contribution in [0.2, 0.25) is 0 Å². The minimum Gasteiger partial charge on any atom is -0.495 e. The minimum absolute atomic E-state index is 0.00343. The average Bonchev–Trinajstić information content (AvgIpc) is 3.12. The van der Waals surface area contributed by atoms with Crippen LogP contribution in [0.1, 0.15) is 16.2 Å². The molecule has 0 aliphatic carbocycles. The highest BCUT2D eigenvalue weighted by atomic mass is 16.6. The zero-order chi connectivity index (χ0) is 18.5. The molecule has 1 amide bonds. The lowest BCUT2D eigenvalue weighted by molar-refractivity contribution is -0.134. The lowest BCUT2D eigenvalue weighted by Crippen LogP contribution is -2.50. The molecule has 0 N–H and O–H groups in total. The molecule has 0 radical (unpaired) electrons. The van der Waals surface area contributed by atoms with Gasteiger partial charge in [-0.25, -0.2) is 4.79 Å². The van der Waals surface area contributed by atoms with Gasteiger partial charge < -0.3 is 23.8 Å². The Kier molecular flexibility index (Phi) is 5.40. The third-order valence-electron chi connectivity index (χ3n) is 4.21. The summed E-state index contributed by atoms with van der Waals surface area (Å²) in [6.45, 7) is 3.86. The molecule has 1 fully saturated rings. The fourth-order valence-corrected chi connectivity index (χ4v) is 2.84. The molecule has 3 rings (SSSR count). The number of esters is 1. The van der Waals surface area contributed by atoms with Gasteiger partial charge >= 0.3 is 5.97 Å². The summed E-state index contributed by atoms with van der Waals surface area (Å²) in [4.78, 5) is 27.9. The van der Waals surface area contributed by atoms with Crippen molar-refractivity contribution in [1.82, 2.24) is 10.1 Å². The molecule has 0 unspecified atom stereocenters. The molecule has 0 atom stereocenters. The fourth-order valence-electron chi connectivity index (χ4n) is 2.84. The summed E-state index contributed by atoms with van der Waals surface area (Å²) < 4.78 is 15.2. The SMILES string of the molecule is COc1ccccc1N1CCN(C(=O)COC(=O)c2cc(C)no2)CC1. The van der Waals surface area contributed by atoms with Crippen LogP contribution < -0.4 is 9.64 Å². The maximum Gasteiger partial charge on any atom is 0.377 e. The van der Waals surface area contributed by atoms with Gasteiger partial charge in [0.05, 0.1) is 18.5 Å². The molecule has 1 aromatic carbocycles. The number of para-hydroxylation sites is 2. The summed E-state index contributed by atoms with van der Waals surface area (Å²) in [6, 6.07) is 9.26. The van der Waals surface area contributed by atoms with Gasteiger partial charge in [0, 0.05) is 32.2 Å². The third kappa shape index (κ3) is 3.96. The van der Waals surface area contributed by atoms with Crippen molar-refractivity contribution in [3.05, 3.63) is 41.8 Å². The number of nitrogens with zero attached hydrogens (tertiary/aromatic N) is 3. The van der Waals surface area contributed by atoms with E-state index in [0.29, 0.717) is 31.9 Å². The molecular formula is C18H21N3O5. The molecule has 1 aliphatic heterocycles. The maximum atomic E-state index is 12.3. The van der Waals surface area contributed by atoms with Crippen molar-refractivity contribution in [2.45, 2.75) is 6.92 Å². The van der Waals surface area contributed by atoms with Crippen molar-refractivity contribution < 1.29 is 23.6 Å². The van der Waals surface area contributed by atoms with E-state index < -0.39 is 5.97 Å². The molecule has 8 heteroatoms. The first-order valence-electron chi connectivity index (χ1n) is 8.34. The van der Waals surface area contributed by atoms with E-state index in [9.17, 15) is 9.59 Å². The molecule has 1 saturated heterocycles. The van der Waals surface area contributed by atoms with E-state index in [-0.39, 0.29) is 18.3 Å². The summed E-state index contributed by atoms with van der Waals surface area (Å²) in [7, 11) is 1.64. The zero-order valence-electron chi connectivity index (χ0n) is 14.8. The highest BCUT2D eigenvalue weighted by molar-refractivity contribution is 5.88. The Hall–Kier alpha value is -3.03. The van der Waals surface area contributed by atoms with Crippen molar-refractivity contribution >= 4 is 17.6 Å². The van der Waals surface area contributed by atoms with Crippen molar-refractivity contribution in [2.24, 2.45) is 0 Å². The van der Waals surface area contributed by atoms with Gasteiger partial charge in [-0.1, -0.05) is 17.3 Å². The molecule has 0 saturated carbocycles. The smallest absolute Gasteiger partial charge is 0.377 e. The van der Waals surface area contributed by atoms with Gasteiger partial charge in [-0.2, -0.15) is 0 Å². The number of carbonyl (C=O) groups excluding carboxylic acids is 2. The predicted octanol–water partition coefficient (Wildman–Crippen LogP) is 1.50. The van der Waals surface area contributed by atoms with Gasteiger partial charge in [0.2, 0.25) is 5.76 Å². The number of amides is 1. The monoisotopic (exact) mass is 359 g/mol. The molecule has 1 aromatic heterocycles. The first-order chi connectivity index (χ1) is 12.6. The Morgan fingerprint density at radius 3 is 2.58 bits per heavy atom. The number of hydrogen-bond acceptors (Lipinski definition) is 7. The van der Waals surface area contributed by atoms with Gasteiger partial charge in [-0.3, -0.25) is 4.79 Å². The maximum absolute atomic E-state index is 12.3. The van der Waals surface area contributed by atoms with Crippen LogP contribution in [0, 0.1) is 6.92 Å². The highest BCUT2D eigenvalue weighted by Gasteiger charge is 2.24. The van der Waals surface area contributed by atoms with Crippen LogP contribution >= 0.6 is 0 Å². The molecule has 138 valence electrons. The predicted molar refractivity (Wildman–Crippen MR) is 93.3 cm³/mol. The minimum atomic E-state index is -0.688. The van der Waals surface area contributed by atoms with Crippen molar-refractivity contribution in [1.29, 1.82) is 0 Å². The number of rotatable bonds is 5. The van der Waals surface area contributed by atoms with Crippen LogP contribution in [-0.2, 0) is 9.53 Å². The number of benzene rings is 1. The number of carbonyl (C=O) groups is 2. The number of anilines is 1. The summed E-state index contributed by atoms with van der Waals surface area (Å²) in [6.07, 6.45) is 0. The number of hydrogen-bond donors (Lipinski definition) is 0. The van der Waals surface area contributed by atoms with Gasteiger partial charge in [0.25, 0.3) is 5.91 Å². The second kappa shape index (κ2) is 7.90. The summed E-state index contributed by atoms with van der Waals surface area (Å²) in [5.74, 6) is -0.110. The summed E-state index contributed by atoms with van der Waals surface area (Å²) >= 11 is 0. The lowest BCUT2D eigenvalue weighted by Gasteiger charge is -2.36. The van der Waals surface area contributed by atoms with Crippen molar-refractivity contribution in [3.63, 3.8) is 0 Å². The second-order valence-corrected chi connectivity index (χ2v) is 5.95. The molecule has 26 heavy (non-hydrogen) atoms. The first kappa shape index (κ1) is 17.8. The van der Waals surface area contributed by atoms with E-state index in [0.717, 1.165) is 11.4 Å². The fraction of sp³-hybridized carbons (Fsp3) is 0.389. The van der Waals surface area contributed by atoms with Crippen LogP contribution in [-0.4, -0.2) is 61.8 Å². The van der Waals surface area contributed by atoms with Crippen molar-refractivity contribution in [2.75, 3.05) is 44.8 Å². The lowest BCUT2D eigenvalue weighted by atomic mass is 10.2. The van der Waals surface area contributed by atoms with Crippen LogP contribution in [0.25, 0.3) is 0 Å². The first-order valence-corrected chi connectivity index (χ1v) is 8.34. The van der Waals surface area contributed by atoms with E-state index in [1.54, 1.807) is 18.9 Å². The number of piperazine rings is 1. The van der Waals surface area contributed by atoms with Gasteiger partial charge in [0.15, 0.2) is 6.61 Å². The molecule has 2 aromatic rings. The normalized spacial score (nSPS) is 14.2. The van der Waals surface area contributed by atoms with Crippen LogP contribution in [0.15, 0.2) is 34.9 Å². The van der Waals surface area contributed by atoms with E-state index in [2.05, 4.69) is 10.1 Å². The average molecular weight is 359 g/mol. The van der Waals surface area contributed by atoms with E-state index >= 15 is 0 Å². The Balaban J connectivity index is 1.50. The Morgan fingerprint density at radius 2 is 1.92 bits per heavy atom. The van der Waals surface area contributed by atoms with Gasteiger partial charge in [-0.15, -0.1) is 0 Å². The molecule has 2 heterocycles. The summed E-state index contributed by atoms with van der Waals surface area (Å²) in [5.41, 5.74) is 1.59. The van der Waals surface area contributed by atoms with Gasteiger partial charge in [-0.05, 0) is 19.1 Å². The highest BCUT2D eigenvalue weighted by Crippen LogP contribution is 2.28. The standard InChI is InChI=1S/C18H21N3O5/c1-13-11-16(26-19-13)18(23)25-12-17(22)21-9-7-20(8-10-21)14-5-3-4-6-15(14)24-2/h3-6,11H,7-10,12H2,1-2H3. The Bertz CT molecular complexity index is 781. The molecule has 0 bridgehead atoms. The Labute approximate surface area is 151 Å². The largest absolute Gasteiger partial charge is 0.495 e. The molecule has 1 aliphatic rings. The molecular weight excluding hydrogens is 338 g/mol. The topological polar surface area (TPSA) is 85.1 Å². The second-order valence-electron chi connectivity index (χ2n) is 5.95. The molecule has 0 spiro atoms. The molecule has 8 nitrogen and oxygen atoms in total. The number of aromatic nitrogens is 1. The van der Waals surface area contributed by atoms with E-state index in [4.69, 9.17) is 14.0 Å². The van der Waals surface area contributed by atoms with Crippen LogP contribution in [0.4, 0.5) is 5.69 Å². The van der Waals surface area contributed by atoms with E-state index in [1.165, 1.54) is 6.07 Å². The number of methoxy groups -OCH3 is 1. The third-order valence-corrected chi connectivity index (χ3v) is 4.21.